The van der Waals surface area contributed by atoms with E-state index in [0.29, 0.717) is 6.54 Å². The molecule has 0 aliphatic rings. The minimum atomic E-state index is -1.24. The summed E-state index contributed by atoms with van der Waals surface area (Å²) in [6.45, 7) is 8.88. The first-order chi connectivity index (χ1) is 25.2. The number of hydrogen-bond donors (Lipinski definition) is 0. The van der Waals surface area contributed by atoms with Crippen LogP contribution in [0.4, 0.5) is 0 Å². The number of carbonyl (C=O) groups excluding carboxylic acids is 4. The Morgan fingerprint density at radius 2 is 0.788 bits per heavy atom. The molecule has 0 aromatic carbocycles. The predicted octanol–water partition coefficient (Wildman–Crippen LogP) is 9.63. The third kappa shape index (κ3) is 28.3. The lowest BCUT2D eigenvalue weighted by atomic mass is 10.0. The van der Waals surface area contributed by atoms with Crippen molar-refractivity contribution in [3.8, 4) is 0 Å². The van der Waals surface area contributed by atoms with Gasteiger partial charge in [-0.15, -0.1) is 0 Å². The zero-order valence-corrected chi connectivity index (χ0v) is 34.1. The van der Waals surface area contributed by atoms with Crippen LogP contribution in [0.1, 0.15) is 182 Å². The maximum atomic E-state index is 12.9. The Hall–Kier alpha value is -2.24. The van der Waals surface area contributed by atoms with Gasteiger partial charge in [-0.05, 0) is 39.8 Å². The standard InChI is InChI=1S/C41H77NO10/c1-7-9-11-13-15-17-19-21-23-25-27-29-31-42(32-30-28-26-24-22-20-18-16-14-12-10-8-2)33-37(50-39(44)36(4)41(46)52-48-6)34-49-38(43)35(3)40(45)51-47-5/h35-37H,7-34H2,1-6H3. The highest BCUT2D eigenvalue weighted by Crippen LogP contribution is 2.16. The third-order valence-electron chi connectivity index (χ3n) is 9.56. The van der Waals surface area contributed by atoms with Crippen LogP contribution >= 0.6 is 0 Å². The van der Waals surface area contributed by atoms with Crippen molar-refractivity contribution >= 4 is 23.9 Å². The van der Waals surface area contributed by atoms with Crippen molar-refractivity contribution in [2.75, 3.05) is 40.5 Å². The molecule has 11 heteroatoms. The molecule has 0 spiro atoms. The van der Waals surface area contributed by atoms with Crippen molar-refractivity contribution in [2.45, 2.75) is 188 Å². The van der Waals surface area contributed by atoms with Crippen LogP contribution in [-0.4, -0.2) is 75.3 Å². The quantitative estimate of drug-likeness (QED) is 0.0198. The van der Waals surface area contributed by atoms with Crippen LogP contribution in [0.15, 0.2) is 0 Å². The summed E-state index contributed by atoms with van der Waals surface area (Å²) in [7, 11) is 2.35. The van der Waals surface area contributed by atoms with Crippen LogP contribution in [-0.2, 0) is 48.2 Å². The zero-order chi connectivity index (χ0) is 38.7. The van der Waals surface area contributed by atoms with Gasteiger partial charge in [0.25, 0.3) is 0 Å². The van der Waals surface area contributed by atoms with Crippen LogP contribution in [0.3, 0.4) is 0 Å². The van der Waals surface area contributed by atoms with E-state index in [1.807, 2.05) is 0 Å². The van der Waals surface area contributed by atoms with E-state index in [4.69, 9.17) is 9.47 Å². The highest BCUT2D eigenvalue weighted by Gasteiger charge is 2.31. The molecule has 0 amide bonds. The number of rotatable bonds is 37. The molecule has 0 radical (unpaired) electrons. The third-order valence-corrected chi connectivity index (χ3v) is 9.56. The Morgan fingerprint density at radius 1 is 0.462 bits per heavy atom. The van der Waals surface area contributed by atoms with Crippen molar-refractivity contribution in [3.05, 3.63) is 0 Å². The molecule has 0 heterocycles. The number of unbranched alkanes of at least 4 members (excludes halogenated alkanes) is 22. The van der Waals surface area contributed by atoms with E-state index < -0.39 is 41.8 Å². The van der Waals surface area contributed by atoms with Gasteiger partial charge in [0.05, 0.1) is 14.2 Å². The summed E-state index contributed by atoms with van der Waals surface area (Å²) in [5.41, 5.74) is 0. The molecular weight excluding hydrogens is 666 g/mol. The van der Waals surface area contributed by atoms with Crippen molar-refractivity contribution in [3.63, 3.8) is 0 Å². The minimum Gasteiger partial charge on any atom is -0.461 e. The van der Waals surface area contributed by atoms with Gasteiger partial charge in [0.2, 0.25) is 0 Å². The van der Waals surface area contributed by atoms with Gasteiger partial charge in [-0.2, -0.15) is 9.78 Å². The Morgan fingerprint density at radius 3 is 1.13 bits per heavy atom. The van der Waals surface area contributed by atoms with Crippen LogP contribution < -0.4 is 0 Å². The highest BCUT2D eigenvalue weighted by atomic mass is 17.2. The van der Waals surface area contributed by atoms with Gasteiger partial charge in [-0.25, -0.2) is 9.59 Å². The second-order valence-corrected chi connectivity index (χ2v) is 14.3. The molecule has 52 heavy (non-hydrogen) atoms. The van der Waals surface area contributed by atoms with Crippen molar-refractivity contribution in [2.24, 2.45) is 11.8 Å². The molecule has 0 aromatic rings. The molecule has 0 fully saturated rings. The number of carbonyl (C=O) groups is 4. The molecule has 3 unspecified atom stereocenters. The zero-order valence-electron chi connectivity index (χ0n) is 34.1. The average molecular weight is 744 g/mol. The molecule has 0 aliphatic heterocycles. The molecular formula is C41H77NO10. The molecule has 0 rings (SSSR count). The summed E-state index contributed by atoms with van der Waals surface area (Å²) >= 11 is 0. The number of ether oxygens (including phenoxy) is 2. The Kier molecular flexibility index (Phi) is 34.2. The number of nitrogens with zero attached hydrogens (tertiary/aromatic N) is 1. The van der Waals surface area contributed by atoms with Gasteiger partial charge in [0.15, 0.2) is 11.8 Å². The second-order valence-electron chi connectivity index (χ2n) is 14.3. The fourth-order valence-corrected chi connectivity index (χ4v) is 6.13. The molecule has 0 aromatic heterocycles. The number of esters is 2. The van der Waals surface area contributed by atoms with Gasteiger partial charge in [0.1, 0.15) is 12.7 Å². The van der Waals surface area contributed by atoms with E-state index in [2.05, 4.69) is 38.3 Å². The Bertz CT molecular complexity index is 858. The van der Waals surface area contributed by atoms with Gasteiger partial charge < -0.3 is 9.47 Å². The summed E-state index contributed by atoms with van der Waals surface area (Å²) < 4.78 is 11.1. The fourth-order valence-electron chi connectivity index (χ4n) is 6.13. The first-order valence-electron chi connectivity index (χ1n) is 20.8. The predicted molar refractivity (Wildman–Crippen MR) is 204 cm³/mol. The first-order valence-corrected chi connectivity index (χ1v) is 20.8. The van der Waals surface area contributed by atoms with E-state index in [1.165, 1.54) is 156 Å². The lowest BCUT2D eigenvalue weighted by Gasteiger charge is -2.28. The molecule has 306 valence electrons. The van der Waals surface area contributed by atoms with Crippen LogP contribution in [0.5, 0.6) is 0 Å². The normalized spacial score (nSPS) is 13.1. The molecule has 11 nitrogen and oxygen atoms in total. The van der Waals surface area contributed by atoms with Crippen LogP contribution in [0.25, 0.3) is 0 Å². The molecule has 0 aliphatic carbocycles. The summed E-state index contributed by atoms with van der Waals surface area (Å²) in [6.07, 6.45) is 29.4. The van der Waals surface area contributed by atoms with Gasteiger partial charge in [0, 0.05) is 6.54 Å². The largest absolute Gasteiger partial charge is 0.461 e. The summed E-state index contributed by atoms with van der Waals surface area (Å²) in [5, 5.41) is 0. The molecule has 0 saturated heterocycles. The maximum Gasteiger partial charge on any atom is 0.356 e. The van der Waals surface area contributed by atoms with E-state index in [1.54, 1.807) is 0 Å². The number of hydrogen-bond acceptors (Lipinski definition) is 11. The molecule has 0 N–H and O–H groups in total. The minimum absolute atomic E-state index is 0.283. The topological polar surface area (TPSA) is 127 Å². The smallest absolute Gasteiger partial charge is 0.356 e. The summed E-state index contributed by atoms with van der Waals surface area (Å²) in [4.78, 5) is 69.8. The lowest BCUT2D eigenvalue weighted by molar-refractivity contribution is -0.259. The monoisotopic (exact) mass is 744 g/mol. The van der Waals surface area contributed by atoms with Crippen LogP contribution in [0, 0.1) is 11.8 Å². The fraction of sp³-hybridized carbons (Fsp3) is 0.902. The van der Waals surface area contributed by atoms with Gasteiger partial charge in [-0.3, -0.25) is 24.3 Å². The van der Waals surface area contributed by atoms with E-state index in [-0.39, 0.29) is 6.61 Å². The first kappa shape index (κ1) is 49.8. The van der Waals surface area contributed by atoms with Gasteiger partial charge >= 0.3 is 23.9 Å². The van der Waals surface area contributed by atoms with E-state index in [0.717, 1.165) is 38.8 Å². The summed E-state index contributed by atoms with van der Waals surface area (Å²) in [5.74, 6) is -5.89. The highest BCUT2D eigenvalue weighted by molar-refractivity contribution is 5.94. The summed E-state index contributed by atoms with van der Waals surface area (Å²) in [6, 6.07) is 0. The Labute approximate surface area is 316 Å². The van der Waals surface area contributed by atoms with E-state index >= 15 is 0 Å². The maximum absolute atomic E-state index is 12.9. The van der Waals surface area contributed by atoms with Gasteiger partial charge in [-0.1, -0.05) is 155 Å². The van der Waals surface area contributed by atoms with Crippen molar-refractivity contribution in [1.82, 2.24) is 4.90 Å². The van der Waals surface area contributed by atoms with Crippen molar-refractivity contribution in [1.29, 1.82) is 0 Å². The average Bonchev–Trinajstić information content (AvgIpc) is 3.13. The Balaban J connectivity index is 5.19. The van der Waals surface area contributed by atoms with Crippen molar-refractivity contribution < 1.29 is 48.2 Å². The SMILES string of the molecule is CCCCCCCCCCCCCCN(CCCCCCCCCCCCCC)CC(COC(=O)C(C)C(=O)OOC)OC(=O)C(C)C(=O)OOC. The van der Waals surface area contributed by atoms with Crippen LogP contribution in [0.2, 0.25) is 0 Å². The molecule has 0 saturated carbocycles. The molecule has 3 atom stereocenters. The second kappa shape index (κ2) is 35.8. The lowest BCUT2D eigenvalue weighted by Crippen LogP contribution is -2.41. The van der Waals surface area contributed by atoms with E-state index in [9.17, 15) is 19.2 Å². The molecule has 0 bridgehead atoms.